The Morgan fingerprint density at radius 1 is 1.13 bits per heavy atom. The van der Waals surface area contributed by atoms with Gasteiger partial charge in [0.15, 0.2) is 0 Å². The van der Waals surface area contributed by atoms with Crippen molar-refractivity contribution in [3.63, 3.8) is 0 Å². The molecule has 6 aliphatic rings. The Kier molecular flexibility index (Phi) is 3.65. The van der Waals surface area contributed by atoms with Crippen LogP contribution in [0.25, 0.3) is 0 Å². The first kappa shape index (κ1) is 18.0. The molecular formula is C21H25N7O2. The van der Waals surface area contributed by atoms with Gasteiger partial charge in [-0.3, -0.25) is 14.6 Å². The molecule has 2 amide bonds. The molecule has 1 unspecified atom stereocenters. The third-order valence-electron chi connectivity index (χ3n) is 7.47. The van der Waals surface area contributed by atoms with Gasteiger partial charge in [0.1, 0.15) is 17.6 Å². The third-order valence-corrected chi connectivity index (χ3v) is 7.47. The molecule has 1 aromatic rings. The van der Waals surface area contributed by atoms with Crippen LogP contribution in [0.5, 0.6) is 0 Å². The highest BCUT2D eigenvalue weighted by atomic mass is 16.2. The van der Waals surface area contributed by atoms with Crippen molar-refractivity contribution in [3.05, 3.63) is 11.8 Å². The molecule has 1 N–H and O–H groups in total. The number of carbonyl (C=O) groups excluding carboxylic acids is 2. The standard InChI is InChI=1S/C21H25N7O2/c1-11-3-16(23-19(30)21-7-12-4-13(8-21)6-14(5-12)9-21)28(26-11)20-24-17-15(18(29)25-20)10-22-27(17)2/h3,10,12-15H,4-9H2,1-2H3,(H,23,30). The van der Waals surface area contributed by atoms with Gasteiger partial charge in [-0.25, -0.2) is 0 Å². The zero-order valence-electron chi connectivity index (χ0n) is 17.2. The van der Waals surface area contributed by atoms with E-state index >= 15 is 0 Å². The number of hydrazone groups is 1. The fourth-order valence-electron chi connectivity index (χ4n) is 6.58. The third kappa shape index (κ3) is 2.60. The lowest BCUT2D eigenvalue weighted by atomic mass is 9.49. The number of nitrogens with one attached hydrogen (secondary N) is 1. The quantitative estimate of drug-likeness (QED) is 0.810. The van der Waals surface area contributed by atoms with Crippen LogP contribution in [0.15, 0.2) is 21.2 Å². The second-order valence-electron chi connectivity index (χ2n) is 9.72. The number of aryl methyl sites for hydroxylation is 1. The maximum atomic E-state index is 13.5. The van der Waals surface area contributed by atoms with E-state index < -0.39 is 5.92 Å². The van der Waals surface area contributed by atoms with Crippen molar-refractivity contribution in [1.82, 2.24) is 14.8 Å². The van der Waals surface area contributed by atoms with Crippen molar-refractivity contribution in [3.8, 4) is 0 Å². The summed E-state index contributed by atoms with van der Waals surface area (Å²) in [4.78, 5) is 34.6. The van der Waals surface area contributed by atoms with Gasteiger partial charge in [0.2, 0.25) is 5.91 Å². The smallest absolute Gasteiger partial charge is 0.265 e. The van der Waals surface area contributed by atoms with Gasteiger partial charge in [-0.05, 0) is 63.2 Å². The van der Waals surface area contributed by atoms with E-state index in [0.29, 0.717) is 29.4 Å². The normalized spacial score (nSPS) is 36.1. The van der Waals surface area contributed by atoms with E-state index in [4.69, 9.17) is 0 Å². The predicted molar refractivity (Wildman–Crippen MR) is 111 cm³/mol. The summed E-state index contributed by atoms with van der Waals surface area (Å²) in [6, 6.07) is 1.81. The number of aliphatic imine (C=N–C) groups is 2. The van der Waals surface area contributed by atoms with E-state index in [1.54, 1.807) is 18.3 Å². The highest BCUT2D eigenvalue weighted by Gasteiger charge is 2.54. The number of carbonyl (C=O) groups is 2. The Morgan fingerprint density at radius 2 is 1.80 bits per heavy atom. The fourth-order valence-corrected chi connectivity index (χ4v) is 6.58. The number of rotatable bonds is 2. The number of fused-ring (bicyclic) bond motifs is 1. The Hall–Kier alpha value is -2.84. The van der Waals surface area contributed by atoms with E-state index in [-0.39, 0.29) is 23.2 Å². The second kappa shape index (κ2) is 6.09. The monoisotopic (exact) mass is 407 g/mol. The van der Waals surface area contributed by atoms with Crippen LogP contribution in [0, 0.1) is 36.0 Å². The van der Waals surface area contributed by atoms with Gasteiger partial charge in [0.25, 0.3) is 11.9 Å². The number of nitrogens with zero attached hydrogens (tertiary/aromatic N) is 6. The summed E-state index contributed by atoms with van der Waals surface area (Å²) in [6.07, 6.45) is 8.38. The molecule has 0 radical (unpaired) electrons. The molecule has 9 heteroatoms. The van der Waals surface area contributed by atoms with Crippen LogP contribution in [0.1, 0.15) is 44.2 Å². The van der Waals surface area contributed by atoms with E-state index in [0.717, 1.165) is 25.0 Å². The molecule has 3 heterocycles. The van der Waals surface area contributed by atoms with Crippen molar-refractivity contribution in [2.45, 2.75) is 45.4 Å². The van der Waals surface area contributed by atoms with E-state index in [1.165, 1.54) is 23.9 Å². The van der Waals surface area contributed by atoms with Gasteiger partial charge in [-0.2, -0.15) is 24.9 Å². The van der Waals surface area contributed by atoms with Gasteiger partial charge < -0.3 is 5.32 Å². The first-order valence-corrected chi connectivity index (χ1v) is 10.8. The summed E-state index contributed by atoms with van der Waals surface area (Å²) < 4.78 is 1.47. The molecular weight excluding hydrogens is 382 g/mol. The predicted octanol–water partition coefficient (Wildman–Crippen LogP) is 2.04. The molecule has 0 saturated heterocycles. The van der Waals surface area contributed by atoms with Crippen molar-refractivity contribution >= 4 is 35.6 Å². The molecule has 0 aromatic carbocycles. The van der Waals surface area contributed by atoms with Crippen LogP contribution < -0.4 is 5.32 Å². The minimum absolute atomic E-state index is 0.0809. The van der Waals surface area contributed by atoms with E-state index in [9.17, 15) is 9.59 Å². The minimum Gasteiger partial charge on any atom is -0.310 e. The van der Waals surface area contributed by atoms with Gasteiger partial charge in [0, 0.05) is 19.3 Å². The zero-order valence-corrected chi connectivity index (χ0v) is 17.2. The molecule has 4 fully saturated rings. The first-order chi connectivity index (χ1) is 14.4. The van der Waals surface area contributed by atoms with Crippen LogP contribution in [0.3, 0.4) is 0 Å². The van der Waals surface area contributed by atoms with E-state index in [1.807, 2.05) is 13.0 Å². The number of hydrogen-bond acceptors (Lipinski definition) is 6. The maximum Gasteiger partial charge on any atom is 0.265 e. The van der Waals surface area contributed by atoms with Crippen LogP contribution in [0.2, 0.25) is 0 Å². The largest absolute Gasteiger partial charge is 0.310 e. The zero-order chi connectivity index (χ0) is 20.6. The highest BCUT2D eigenvalue weighted by Crippen LogP contribution is 2.60. The number of aromatic nitrogens is 2. The number of hydrogen-bond donors (Lipinski definition) is 1. The lowest BCUT2D eigenvalue weighted by Gasteiger charge is -2.55. The molecule has 2 aliphatic heterocycles. The summed E-state index contributed by atoms with van der Waals surface area (Å²) in [5.74, 6) is 2.49. The summed E-state index contributed by atoms with van der Waals surface area (Å²) in [7, 11) is 1.75. The molecule has 4 saturated carbocycles. The Bertz CT molecular complexity index is 1010. The summed E-state index contributed by atoms with van der Waals surface area (Å²) >= 11 is 0. The molecule has 0 spiro atoms. The van der Waals surface area contributed by atoms with Gasteiger partial charge in [0.05, 0.1) is 11.1 Å². The van der Waals surface area contributed by atoms with Crippen molar-refractivity contribution < 1.29 is 9.59 Å². The lowest BCUT2D eigenvalue weighted by molar-refractivity contribution is -0.140. The highest BCUT2D eigenvalue weighted by molar-refractivity contribution is 6.24. The molecule has 4 bridgehead atoms. The van der Waals surface area contributed by atoms with Gasteiger partial charge >= 0.3 is 0 Å². The van der Waals surface area contributed by atoms with Crippen LogP contribution >= 0.6 is 0 Å². The van der Waals surface area contributed by atoms with Gasteiger partial charge in [-0.1, -0.05) is 0 Å². The molecule has 1 aromatic heterocycles. The molecule has 7 rings (SSSR count). The average Bonchev–Trinajstić information content (AvgIpc) is 3.23. The summed E-state index contributed by atoms with van der Waals surface area (Å²) in [6.45, 7) is 1.85. The SMILES string of the molecule is Cc1cc(NC(=O)C23CC4CC(CC(C4)C2)C3)n(C2=NC(=O)C3C=NN(C)C3=N2)n1. The number of anilines is 1. The molecule has 9 nitrogen and oxygen atoms in total. The van der Waals surface area contributed by atoms with Gasteiger partial charge in [-0.15, -0.1) is 0 Å². The van der Waals surface area contributed by atoms with Crippen molar-refractivity contribution in [2.24, 2.45) is 44.2 Å². The fraction of sp³-hybridized carbons (Fsp3) is 0.619. The minimum atomic E-state index is -0.541. The second-order valence-corrected chi connectivity index (χ2v) is 9.72. The number of amidine groups is 1. The van der Waals surface area contributed by atoms with Crippen molar-refractivity contribution in [2.75, 3.05) is 12.4 Å². The first-order valence-electron chi connectivity index (χ1n) is 10.8. The maximum absolute atomic E-state index is 13.5. The molecule has 4 aliphatic carbocycles. The summed E-state index contributed by atoms with van der Waals surface area (Å²) in [5, 5.41) is 13.3. The van der Waals surface area contributed by atoms with Crippen LogP contribution in [-0.2, 0) is 9.59 Å². The number of amides is 2. The summed E-state index contributed by atoms with van der Waals surface area (Å²) in [5.41, 5.74) is 0.461. The van der Waals surface area contributed by atoms with E-state index in [2.05, 4.69) is 25.5 Å². The lowest BCUT2D eigenvalue weighted by Crippen LogP contribution is -2.52. The Morgan fingerprint density at radius 3 is 2.47 bits per heavy atom. The van der Waals surface area contributed by atoms with Crippen LogP contribution in [0.4, 0.5) is 5.82 Å². The average molecular weight is 407 g/mol. The van der Waals surface area contributed by atoms with Crippen LogP contribution in [-0.4, -0.2) is 51.7 Å². The van der Waals surface area contributed by atoms with Crippen molar-refractivity contribution in [1.29, 1.82) is 0 Å². The molecule has 1 atom stereocenters. The Labute approximate surface area is 174 Å². The Balaban J connectivity index is 1.30. The molecule has 156 valence electrons. The topological polar surface area (TPSA) is 104 Å². The molecule has 30 heavy (non-hydrogen) atoms.